The van der Waals surface area contributed by atoms with Gasteiger partial charge in [0.05, 0.1) is 10.5 Å². The average molecular weight is 295 g/mol. The van der Waals surface area contributed by atoms with Crippen LogP contribution >= 0.6 is 11.8 Å². The van der Waals surface area contributed by atoms with Gasteiger partial charge in [0.2, 0.25) is 0 Å². The third-order valence-corrected chi connectivity index (χ3v) is 4.69. The van der Waals surface area contributed by atoms with Gasteiger partial charge in [-0.1, -0.05) is 12.5 Å². The number of anilines is 1. The van der Waals surface area contributed by atoms with Crippen LogP contribution in [0.15, 0.2) is 18.2 Å². The van der Waals surface area contributed by atoms with E-state index in [0.717, 1.165) is 12.2 Å². The van der Waals surface area contributed by atoms with E-state index in [0.29, 0.717) is 11.8 Å². The van der Waals surface area contributed by atoms with Gasteiger partial charge in [-0.2, -0.15) is 11.8 Å². The number of benzene rings is 1. The maximum Gasteiger partial charge on any atom is 0.292 e. The number of nitrogen functional groups attached to an aromatic ring is 1. The van der Waals surface area contributed by atoms with E-state index in [9.17, 15) is 14.9 Å². The molecular weight excluding hydrogens is 278 g/mol. The highest BCUT2D eigenvalue weighted by Crippen LogP contribution is 2.26. The standard InChI is InChI=1S/C13H17N3O3S/c14-12-10(5-3-6-11(12)16(18)19)13(17)15-8-9-4-1-2-7-20-9/h3,5-6,9H,1-2,4,7-8,14H2,(H,15,17). The maximum absolute atomic E-state index is 12.1. The molecule has 6 nitrogen and oxygen atoms in total. The second kappa shape index (κ2) is 6.60. The summed E-state index contributed by atoms with van der Waals surface area (Å²) >= 11 is 1.86. The van der Waals surface area contributed by atoms with Gasteiger partial charge in [0.15, 0.2) is 0 Å². The highest BCUT2D eigenvalue weighted by atomic mass is 32.2. The summed E-state index contributed by atoms with van der Waals surface area (Å²) in [6.07, 6.45) is 3.51. The molecule has 0 aromatic heterocycles. The minimum absolute atomic E-state index is 0.0775. The van der Waals surface area contributed by atoms with Crippen LogP contribution in [-0.4, -0.2) is 28.4 Å². The molecule has 1 heterocycles. The van der Waals surface area contributed by atoms with Crippen molar-refractivity contribution >= 4 is 29.0 Å². The minimum atomic E-state index is -0.580. The number of thioether (sulfide) groups is 1. The number of amides is 1. The lowest BCUT2D eigenvalue weighted by Gasteiger charge is -2.21. The molecule has 1 atom stereocenters. The van der Waals surface area contributed by atoms with Crippen molar-refractivity contribution in [3.63, 3.8) is 0 Å². The van der Waals surface area contributed by atoms with Gasteiger partial charge in [-0.25, -0.2) is 0 Å². The van der Waals surface area contributed by atoms with E-state index < -0.39 is 4.92 Å². The quantitative estimate of drug-likeness (QED) is 0.504. The van der Waals surface area contributed by atoms with Crippen molar-refractivity contribution in [2.24, 2.45) is 0 Å². The number of hydrogen-bond donors (Lipinski definition) is 2. The molecule has 20 heavy (non-hydrogen) atoms. The Morgan fingerprint density at radius 3 is 2.95 bits per heavy atom. The summed E-state index contributed by atoms with van der Waals surface area (Å²) in [7, 11) is 0. The van der Waals surface area contributed by atoms with Crippen molar-refractivity contribution < 1.29 is 9.72 Å². The van der Waals surface area contributed by atoms with Crippen LogP contribution < -0.4 is 11.1 Å². The molecule has 0 bridgehead atoms. The third-order valence-electron chi connectivity index (χ3n) is 3.29. The molecule has 1 fully saturated rings. The van der Waals surface area contributed by atoms with E-state index in [4.69, 9.17) is 5.73 Å². The Morgan fingerprint density at radius 2 is 2.30 bits per heavy atom. The van der Waals surface area contributed by atoms with Gasteiger partial charge in [-0.3, -0.25) is 14.9 Å². The molecule has 1 aromatic carbocycles. The van der Waals surface area contributed by atoms with Crippen LogP contribution in [0.4, 0.5) is 11.4 Å². The fourth-order valence-electron chi connectivity index (χ4n) is 2.18. The number of nitrogens with two attached hydrogens (primary N) is 1. The largest absolute Gasteiger partial charge is 0.393 e. The monoisotopic (exact) mass is 295 g/mol. The van der Waals surface area contributed by atoms with E-state index in [1.54, 1.807) is 0 Å². The highest BCUT2D eigenvalue weighted by molar-refractivity contribution is 7.99. The van der Waals surface area contributed by atoms with Crippen molar-refractivity contribution in [3.8, 4) is 0 Å². The van der Waals surface area contributed by atoms with Crippen molar-refractivity contribution in [3.05, 3.63) is 33.9 Å². The highest BCUT2D eigenvalue weighted by Gasteiger charge is 2.20. The number of nitrogens with one attached hydrogen (secondary N) is 1. The first kappa shape index (κ1) is 14.6. The number of nitro benzene ring substituents is 1. The van der Waals surface area contributed by atoms with Crippen molar-refractivity contribution in [1.29, 1.82) is 0 Å². The van der Waals surface area contributed by atoms with E-state index in [2.05, 4.69) is 5.32 Å². The molecule has 1 aliphatic heterocycles. The molecule has 1 amide bonds. The first-order chi connectivity index (χ1) is 9.59. The summed E-state index contributed by atoms with van der Waals surface area (Å²) < 4.78 is 0. The Bertz CT molecular complexity index is 516. The molecule has 1 aliphatic rings. The topological polar surface area (TPSA) is 98.3 Å². The number of carbonyl (C=O) groups excluding carboxylic acids is 1. The van der Waals surface area contributed by atoms with Crippen LogP contribution in [0.3, 0.4) is 0 Å². The predicted molar refractivity (Wildman–Crippen MR) is 79.9 cm³/mol. The number of carbonyl (C=O) groups is 1. The zero-order chi connectivity index (χ0) is 14.5. The molecule has 2 rings (SSSR count). The van der Waals surface area contributed by atoms with E-state index in [-0.39, 0.29) is 22.8 Å². The number of nitrogens with zero attached hydrogens (tertiary/aromatic N) is 1. The summed E-state index contributed by atoms with van der Waals surface area (Å²) in [6.45, 7) is 0.575. The SMILES string of the molecule is Nc1c(C(=O)NCC2CCCCS2)cccc1[N+](=O)[O-]. The van der Waals surface area contributed by atoms with Crippen LogP contribution in [0.2, 0.25) is 0 Å². The Kier molecular flexibility index (Phi) is 4.84. The molecule has 108 valence electrons. The van der Waals surface area contributed by atoms with Crippen LogP contribution in [-0.2, 0) is 0 Å². The van der Waals surface area contributed by atoms with Gasteiger partial charge in [0.1, 0.15) is 5.69 Å². The Balaban J connectivity index is 2.01. The van der Waals surface area contributed by atoms with Gasteiger partial charge in [0, 0.05) is 17.9 Å². The number of hydrogen-bond acceptors (Lipinski definition) is 5. The molecule has 0 saturated carbocycles. The summed E-state index contributed by atoms with van der Waals surface area (Å²) in [5.74, 6) is 0.775. The molecule has 0 spiro atoms. The van der Waals surface area contributed by atoms with Gasteiger partial charge in [0.25, 0.3) is 11.6 Å². The Labute approximate surface area is 121 Å². The third kappa shape index (κ3) is 3.41. The van der Waals surface area contributed by atoms with Crippen LogP contribution in [0.5, 0.6) is 0 Å². The van der Waals surface area contributed by atoms with Crippen molar-refractivity contribution in [2.75, 3.05) is 18.0 Å². The zero-order valence-corrected chi connectivity index (χ0v) is 11.8. The predicted octanol–water partition coefficient (Wildman–Crippen LogP) is 2.19. The first-order valence-electron chi connectivity index (χ1n) is 6.52. The second-order valence-electron chi connectivity index (χ2n) is 4.69. The molecular formula is C13H17N3O3S. The second-order valence-corrected chi connectivity index (χ2v) is 6.10. The fourth-order valence-corrected chi connectivity index (χ4v) is 3.42. The number of rotatable bonds is 4. The molecule has 0 radical (unpaired) electrons. The molecule has 0 aliphatic carbocycles. The fraction of sp³-hybridized carbons (Fsp3) is 0.462. The minimum Gasteiger partial charge on any atom is -0.393 e. The lowest BCUT2D eigenvalue weighted by atomic mass is 10.1. The maximum atomic E-state index is 12.1. The molecule has 1 aromatic rings. The summed E-state index contributed by atoms with van der Waals surface area (Å²) in [4.78, 5) is 22.3. The lowest BCUT2D eigenvalue weighted by Crippen LogP contribution is -2.32. The smallest absolute Gasteiger partial charge is 0.292 e. The van der Waals surface area contributed by atoms with Crippen molar-refractivity contribution in [1.82, 2.24) is 5.32 Å². The Hall–Kier alpha value is -1.76. The summed E-state index contributed by atoms with van der Waals surface area (Å²) in [5.41, 5.74) is 5.54. The van der Waals surface area contributed by atoms with Crippen LogP contribution in [0.1, 0.15) is 29.6 Å². The average Bonchev–Trinajstić information content (AvgIpc) is 2.46. The van der Waals surface area contributed by atoms with E-state index in [1.165, 1.54) is 31.0 Å². The van der Waals surface area contributed by atoms with Gasteiger partial charge in [-0.15, -0.1) is 0 Å². The van der Waals surface area contributed by atoms with Gasteiger partial charge < -0.3 is 11.1 Å². The van der Waals surface area contributed by atoms with Crippen LogP contribution in [0.25, 0.3) is 0 Å². The molecule has 3 N–H and O–H groups in total. The number of nitro groups is 1. The number of para-hydroxylation sites is 1. The van der Waals surface area contributed by atoms with E-state index in [1.807, 2.05) is 11.8 Å². The molecule has 1 saturated heterocycles. The normalized spacial score (nSPS) is 18.5. The lowest BCUT2D eigenvalue weighted by molar-refractivity contribution is -0.383. The summed E-state index contributed by atoms with van der Waals surface area (Å²) in [5, 5.41) is 14.0. The zero-order valence-electron chi connectivity index (χ0n) is 11.0. The Morgan fingerprint density at radius 1 is 1.50 bits per heavy atom. The van der Waals surface area contributed by atoms with Crippen molar-refractivity contribution in [2.45, 2.75) is 24.5 Å². The summed E-state index contributed by atoms with van der Waals surface area (Å²) in [6, 6.07) is 4.27. The van der Waals surface area contributed by atoms with Gasteiger partial charge >= 0.3 is 0 Å². The first-order valence-corrected chi connectivity index (χ1v) is 7.57. The van der Waals surface area contributed by atoms with Gasteiger partial charge in [-0.05, 0) is 24.7 Å². The molecule has 7 heteroatoms. The molecule has 1 unspecified atom stereocenters. The van der Waals surface area contributed by atoms with E-state index >= 15 is 0 Å². The van der Waals surface area contributed by atoms with Crippen LogP contribution in [0, 0.1) is 10.1 Å².